The van der Waals surface area contributed by atoms with E-state index in [0.29, 0.717) is 6.61 Å². The Morgan fingerprint density at radius 1 is 1.00 bits per heavy atom. The van der Waals surface area contributed by atoms with Gasteiger partial charge in [0.1, 0.15) is 18.0 Å². The van der Waals surface area contributed by atoms with Gasteiger partial charge in [-0.15, -0.1) is 0 Å². The van der Waals surface area contributed by atoms with Crippen LogP contribution in [-0.2, 0) is 9.53 Å². The van der Waals surface area contributed by atoms with E-state index in [2.05, 4.69) is 10.2 Å². The average Bonchev–Trinajstić information content (AvgIpc) is 2.97. The highest BCUT2D eigenvalue weighted by atomic mass is 16.5. The first-order chi connectivity index (χ1) is 13.2. The maximum atomic E-state index is 12.8. The van der Waals surface area contributed by atoms with Gasteiger partial charge in [-0.3, -0.25) is 9.69 Å². The van der Waals surface area contributed by atoms with Crippen molar-refractivity contribution < 1.29 is 14.3 Å². The summed E-state index contributed by atoms with van der Waals surface area (Å²) in [4.78, 5) is 15.3. The molecular weight excluding hydrogens is 340 g/mol. The molecule has 1 heterocycles. The van der Waals surface area contributed by atoms with Crippen LogP contribution in [0.5, 0.6) is 5.75 Å². The molecule has 5 heteroatoms. The van der Waals surface area contributed by atoms with E-state index < -0.39 is 5.60 Å². The fourth-order valence-corrected chi connectivity index (χ4v) is 4.18. The van der Waals surface area contributed by atoms with Gasteiger partial charge >= 0.3 is 0 Å². The normalized spacial score (nSPS) is 20.6. The molecular formula is C22H34N2O3. The number of methoxy groups -OCH3 is 1. The van der Waals surface area contributed by atoms with Crippen LogP contribution in [0, 0.1) is 0 Å². The van der Waals surface area contributed by atoms with Crippen LogP contribution in [0.4, 0.5) is 5.69 Å². The van der Waals surface area contributed by atoms with Crippen molar-refractivity contribution in [3.63, 3.8) is 0 Å². The number of carbonyl (C=O) groups is 1. The van der Waals surface area contributed by atoms with Crippen molar-refractivity contribution in [3.05, 3.63) is 24.3 Å². The van der Waals surface area contributed by atoms with Crippen LogP contribution in [0.3, 0.4) is 0 Å². The summed E-state index contributed by atoms with van der Waals surface area (Å²) in [5, 5.41) is 3.04. The number of nitrogens with zero attached hydrogens (tertiary/aromatic N) is 1. The van der Waals surface area contributed by atoms with Crippen molar-refractivity contribution in [1.29, 1.82) is 0 Å². The maximum absolute atomic E-state index is 12.8. The molecule has 1 aromatic rings. The molecule has 0 spiro atoms. The largest absolute Gasteiger partial charge is 0.492 e. The van der Waals surface area contributed by atoms with Crippen molar-refractivity contribution in [3.8, 4) is 5.75 Å². The first kappa shape index (κ1) is 20.2. The number of nitrogens with one attached hydrogen (secondary N) is 1. The topological polar surface area (TPSA) is 50.8 Å². The van der Waals surface area contributed by atoms with Crippen LogP contribution in [0.15, 0.2) is 24.3 Å². The molecule has 1 amide bonds. The van der Waals surface area contributed by atoms with E-state index in [1.54, 1.807) is 7.11 Å². The fraction of sp³-hybridized carbons (Fsp3) is 0.682. The lowest BCUT2D eigenvalue weighted by atomic mass is 9.93. The number of piperidine rings is 1. The van der Waals surface area contributed by atoms with Gasteiger partial charge in [-0.2, -0.15) is 0 Å². The quantitative estimate of drug-likeness (QED) is 0.726. The summed E-state index contributed by atoms with van der Waals surface area (Å²) in [5.41, 5.74) is 0.115. The molecule has 1 saturated heterocycles. The molecule has 1 saturated carbocycles. The predicted octanol–water partition coefficient (Wildman–Crippen LogP) is 4.23. The lowest BCUT2D eigenvalue weighted by Crippen LogP contribution is -2.44. The molecule has 3 rings (SSSR count). The van der Waals surface area contributed by atoms with E-state index in [9.17, 15) is 4.79 Å². The van der Waals surface area contributed by atoms with Crippen molar-refractivity contribution >= 4 is 11.6 Å². The van der Waals surface area contributed by atoms with E-state index in [4.69, 9.17) is 9.47 Å². The Balaban J connectivity index is 1.48. The minimum atomic E-state index is -0.680. The Hall–Kier alpha value is -1.59. The molecule has 0 atom stereocenters. The number of carbonyl (C=O) groups excluding carboxylic acids is 1. The number of benzene rings is 1. The molecule has 2 aliphatic rings. The SMILES string of the molecule is COC1(C(=O)Nc2ccc(OCCN3CCCCC3)cc2)CCCCCC1. The van der Waals surface area contributed by atoms with Gasteiger partial charge in [-0.25, -0.2) is 0 Å². The van der Waals surface area contributed by atoms with Gasteiger partial charge in [-0.1, -0.05) is 32.1 Å². The minimum Gasteiger partial charge on any atom is -0.492 e. The van der Waals surface area contributed by atoms with Gasteiger partial charge in [0.15, 0.2) is 0 Å². The van der Waals surface area contributed by atoms with Crippen LogP contribution in [0.1, 0.15) is 57.8 Å². The van der Waals surface area contributed by atoms with Crippen molar-refractivity contribution in [2.45, 2.75) is 63.4 Å². The second-order valence-electron chi connectivity index (χ2n) is 7.84. The van der Waals surface area contributed by atoms with Gasteiger partial charge in [0.2, 0.25) is 0 Å². The number of ether oxygens (including phenoxy) is 2. The van der Waals surface area contributed by atoms with Crippen molar-refractivity contribution in [1.82, 2.24) is 4.90 Å². The third kappa shape index (κ3) is 5.69. The molecule has 150 valence electrons. The molecule has 0 radical (unpaired) electrons. The summed E-state index contributed by atoms with van der Waals surface area (Å²) in [7, 11) is 1.66. The summed E-state index contributed by atoms with van der Waals surface area (Å²) < 4.78 is 11.5. The predicted molar refractivity (Wildman–Crippen MR) is 108 cm³/mol. The van der Waals surface area contributed by atoms with Crippen LogP contribution >= 0.6 is 0 Å². The zero-order valence-corrected chi connectivity index (χ0v) is 16.7. The van der Waals surface area contributed by atoms with Crippen LogP contribution < -0.4 is 10.1 Å². The van der Waals surface area contributed by atoms with E-state index in [-0.39, 0.29) is 5.91 Å². The second-order valence-corrected chi connectivity index (χ2v) is 7.84. The molecule has 1 N–H and O–H groups in total. The van der Waals surface area contributed by atoms with Gasteiger partial charge in [-0.05, 0) is 63.0 Å². The second kappa shape index (κ2) is 10.1. The first-order valence-corrected chi connectivity index (χ1v) is 10.5. The van der Waals surface area contributed by atoms with Crippen LogP contribution in [-0.4, -0.2) is 49.8 Å². The zero-order chi connectivity index (χ0) is 19.0. The van der Waals surface area contributed by atoms with E-state index in [1.807, 2.05) is 24.3 Å². The minimum absolute atomic E-state index is 0.0225. The third-order valence-corrected chi connectivity index (χ3v) is 5.95. The molecule has 1 aromatic carbocycles. The summed E-state index contributed by atoms with van der Waals surface area (Å²) in [6, 6.07) is 7.68. The van der Waals surface area contributed by atoms with E-state index >= 15 is 0 Å². The van der Waals surface area contributed by atoms with Gasteiger partial charge < -0.3 is 14.8 Å². The number of anilines is 1. The summed E-state index contributed by atoms with van der Waals surface area (Å²) in [6.45, 7) is 4.07. The number of hydrogen-bond donors (Lipinski definition) is 1. The lowest BCUT2D eigenvalue weighted by Gasteiger charge is -2.29. The number of rotatable bonds is 7. The number of likely N-dealkylation sites (tertiary alicyclic amines) is 1. The smallest absolute Gasteiger partial charge is 0.256 e. The van der Waals surface area contributed by atoms with Gasteiger partial charge in [0, 0.05) is 19.3 Å². The molecule has 1 aliphatic carbocycles. The molecule has 2 fully saturated rings. The monoisotopic (exact) mass is 374 g/mol. The molecule has 0 unspecified atom stereocenters. The Kier molecular flexibility index (Phi) is 7.53. The Bertz CT molecular complexity index is 574. The molecule has 0 aromatic heterocycles. The zero-order valence-electron chi connectivity index (χ0n) is 16.7. The lowest BCUT2D eigenvalue weighted by molar-refractivity contribution is -0.139. The van der Waals surface area contributed by atoms with Crippen LogP contribution in [0.2, 0.25) is 0 Å². The Morgan fingerprint density at radius 3 is 2.26 bits per heavy atom. The summed E-state index contributed by atoms with van der Waals surface area (Å²) >= 11 is 0. The van der Waals surface area contributed by atoms with Crippen molar-refractivity contribution in [2.24, 2.45) is 0 Å². The van der Waals surface area contributed by atoms with Crippen LogP contribution in [0.25, 0.3) is 0 Å². The van der Waals surface area contributed by atoms with Crippen molar-refractivity contribution in [2.75, 3.05) is 38.7 Å². The highest BCUT2D eigenvalue weighted by Gasteiger charge is 2.38. The number of hydrogen-bond acceptors (Lipinski definition) is 4. The standard InChI is InChI=1S/C22H34N2O3/c1-26-22(13-5-2-3-6-14-22)21(25)23-19-9-11-20(12-10-19)27-18-17-24-15-7-4-8-16-24/h9-12H,2-8,13-18H2,1H3,(H,23,25). The number of amides is 1. The third-order valence-electron chi connectivity index (χ3n) is 5.95. The summed E-state index contributed by atoms with van der Waals surface area (Å²) in [6.07, 6.45) is 10.0. The highest BCUT2D eigenvalue weighted by Crippen LogP contribution is 2.31. The first-order valence-electron chi connectivity index (χ1n) is 10.5. The summed E-state index contributed by atoms with van der Waals surface area (Å²) in [5.74, 6) is 0.826. The van der Waals surface area contributed by atoms with Gasteiger partial charge in [0.25, 0.3) is 5.91 Å². The highest BCUT2D eigenvalue weighted by molar-refractivity contribution is 5.97. The van der Waals surface area contributed by atoms with Gasteiger partial charge in [0.05, 0.1) is 0 Å². The fourth-order valence-electron chi connectivity index (χ4n) is 4.18. The van der Waals surface area contributed by atoms with E-state index in [0.717, 1.165) is 43.7 Å². The average molecular weight is 375 g/mol. The molecule has 5 nitrogen and oxygen atoms in total. The Labute approximate surface area is 163 Å². The Morgan fingerprint density at radius 2 is 1.63 bits per heavy atom. The maximum Gasteiger partial charge on any atom is 0.256 e. The van der Waals surface area contributed by atoms with E-state index in [1.165, 1.54) is 45.2 Å². The molecule has 0 bridgehead atoms. The molecule has 1 aliphatic heterocycles. The molecule has 27 heavy (non-hydrogen) atoms.